The van der Waals surface area contributed by atoms with Crippen LogP contribution in [0.15, 0.2) is 53.3 Å². The van der Waals surface area contributed by atoms with Gasteiger partial charge in [-0.15, -0.1) is 5.10 Å². The van der Waals surface area contributed by atoms with Gasteiger partial charge in [0.05, 0.1) is 11.9 Å². The Labute approximate surface area is 120 Å². The van der Waals surface area contributed by atoms with Crippen molar-refractivity contribution in [2.45, 2.75) is 6.54 Å². The summed E-state index contributed by atoms with van der Waals surface area (Å²) in [5, 5.41) is 26.5. The van der Waals surface area contributed by atoms with Gasteiger partial charge in [-0.3, -0.25) is 4.79 Å². The van der Waals surface area contributed by atoms with E-state index in [1.807, 2.05) is 0 Å². The van der Waals surface area contributed by atoms with Crippen molar-refractivity contribution in [2.75, 3.05) is 0 Å². The van der Waals surface area contributed by atoms with Crippen LogP contribution in [0.5, 0.6) is 0 Å². The van der Waals surface area contributed by atoms with Crippen molar-refractivity contribution < 1.29 is 10.0 Å². The highest BCUT2D eigenvalue weighted by molar-refractivity contribution is 6.58. The Kier molecular flexibility index (Phi) is 3.51. The molecule has 0 aliphatic heterocycles. The average molecular weight is 281 g/mol. The number of benzene rings is 2. The van der Waals surface area contributed by atoms with Gasteiger partial charge in [-0.05, 0) is 23.2 Å². The van der Waals surface area contributed by atoms with Gasteiger partial charge < -0.3 is 10.0 Å². The zero-order valence-corrected chi connectivity index (χ0v) is 11.0. The Bertz CT molecular complexity index is 831. The van der Waals surface area contributed by atoms with Crippen molar-refractivity contribution >= 4 is 23.5 Å². The molecule has 0 saturated heterocycles. The molecule has 2 N–H and O–H groups in total. The molecule has 0 fully saturated rings. The van der Waals surface area contributed by atoms with Crippen molar-refractivity contribution in [3.05, 3.63) is 64.4 Å². The Morgan fingerprint density at radius 1 is 1.05 bits per heavy atom. The number of fused-ring (bicyclic) bond motifs is 1. The Morgan fingerprint density at radius 3 is 2.48 bits per heavy atom. The van der Waals surface area contributed by atoms with Crippen molar-refractivity contribution in [3.8, 4) is 0 Å². The highest BCUT2D eigenvalue weighted by atomic mass is 16.4. The van der Waals surface area contributed by atoms with Crippen LogP contribution in [0.4, 0.5) is 0 Å². The van der Waals surface area contributed by atoms with Gasteiger partial charge in [-0.1, -0.05) is 41.6 Å². The fourth-order valence-corrected chi connectivity index (χ4v) is 2.10. The molecule has 6 nitrogen and oxygen atoms in total. The van der Waals surface area contributed by atoms with Crippen LogP contribution in [-0.2, 0) is 6.54 Å². The van der Waals surface area contributed by atoms with Crippen molar-refractivity contribution in [1.29, 1.82) is 0 Å². The lowest BCUT2D eigenvalue weighted by Crippen LogP contribution is -2.30. The summed E-state index contributed by atoms with van der Waals surface area (Å²) in [6.45, 7) is 0.276. The van der Waals surface area contributed by atoms with Gasteiger partial charge in [0, 0.05) is 0 Å². The fourth-order valence-electron chi connectivity index (χ4n) is 2.10. The Hall–Kier alpha value is -2.51. The minimum Gasteiger partial charge on any atom is -0.423 e. The molecule has 0 aliphatic carbocycles. The summed E-state index contributed by atoms with van der Waals surface area (Å²) < 4.78 is 1.28. The third-order valence-corrected chi connectivity index (χ3v) is 3.24. The SMILES string of the molecule is O=c1c2ccccc2nnn1Cc1ccc(B(O)O)cc1. The first-order valence-electron chi connectivity index (χ1n) is 6.42. The maximum atomic E-state index is 12.3. The zero-order chi connectivity index (χ0) is 14.8. The van der Waals surface area contributed by atoms with Crippen LogP contribution >= 0.6 is 0 Å². The van der Waals surface area contributed by atoms with Gasteiger partial charge >= 0.3 is 7.12 Å². The summed E-state index contributed by atoms with van der Waals surface area (Å²) in [6.07, 6.45) is 0. The molecule has 1 aromatic heterocycles. The Balaban J connectivity index is 1.94. The number of rotatable bonds is 3. The summed E-state index contributed by atoms with van der Waals surface area (Å²) in [6, 6.07) is 13.7. The van der Waals surface area contributed by atoms with Crippen LogP contribution in [0, 0.1) is 0 Å². The lowest BCUT2D eigenvalue weighted by molar-refractivity contribution is 0.426. The zero-order valence-electron chi connectivity index (χ0n) is 11.0. The minimum atomic E-state index is -1.50. The smallest absolute Gasteiger partial charge is 0.423 e. The molecule has 0 radical (unpaired) electrons. The maximum absolute atomic E-state index is 12.3. The lowest BCUT2D eigenvalue weighted by atomic mass is 9.80. The Morgan fingerprint density at radius 2 is 1.76 bits per heavy atom. The van der Waals surface area contributed by atoms with Crippen LogP contribution in [0.2, 0.25) is 0 Å². The summed E-state index contributed by atoms with van der Waals surface area (Å²) in [4.78, 5) is 12.3. The summed E-state index contributed by atoms with van der Waals surface area (Å²) in [7, 11) is -1.50. The van der Waals surface area contributed by atoms with E-state index in [0.29, 0.717) is 16.4 Å². The van der Waals surface area contributed by atoms with E-state index >= 15 is 0 Å². The average Bonchev–Trinajstić information content (AvgIpc) is 2.51. The summed E-state index contributed by atoms with van der Waals surface area (Å²) in [5.41, 5.74) is 1.59. The topological polar surface area (TPSA) is 88.2 Å². The maximum Gasteiger partial charge on any atom is 0.488 e. The minimum absolute atomic E-state index is 0.202. The predicted molar refractivity (Wildman–Crippen MR) is 79.2 cm³/mol. The van der Waals surface area contributed by atoms with E-state index in [4.69, 9.17) is 10.0 Å². The lowest BCUT2D eigenvalue weighted by Gasteiger charge is -2.06. The van der Waals surface area contributed by atoms with Crippen molar-refractivity contribution in [1.82, 2.24) is 15.0 Å². The second-order valence-corrected chi connectivity index (χ2v) is 4.68. The van der Waals surface area contributed by atoms with E-state index in [-0.39, 0.29) is 12.1 Å². The second kappa shape index (κ2) is 5.47. The molecule has 0 aliphatic rings. The molecule has 0 spiro atoms. The standard InChI is InChI=1S/C14H12BN3O3/c19-14-12-3-1-2-4-13(12)16-17-18(14)9-10-5-7-11(8-6-10)15(20)21/h1-8,20-21H,9H2. The van der Waals surface area contributed by atoms with Gasteiger partial charge in [0.15, 0.2) is 0 Å². The van der Waals surface area contributed by atoms with E-state index in [1.54, 1.807) is 48.5 Å². The highest BCUT2D eigenvalue weighted by Gasteiger charge is 2.10. The molecular formula is C14H12BN3O3. The second-order valence-electron chi connectivity index (χ2n) is 4.68. The third kappa shape index (κ3) is 2.69. The van der Waals surface area contributed by atoms with E-state index in [2.05, 4.69) is 10.3 Å². The van der Waals surface area contributed by atoms with E-state index in [9.17, 15) is 4.79 Å². The molecular weight excluding hydrogens is 269 g/mol. The molecule has 0 saturated carbocycles. The predicted octanol–water partition coefficient (Wildman–Crippen LogP) is -0.480. The molecule has 2 aromatic carbocycles. The normalized spacial score (nSPS) is 10.8. The van der Waals surface area contributed by atoms with Gasteiger partial charge in [0.25, 0.3) is 5.56 Å². The molecule has 21 heavy (non-hydrogen) atoms. The van der Waals surface area contributed by atoms with Crippen LogP contribution in [-0.4, -0.2) is 32.2 Å². The van der Waals surface area contributed by atoms with Gasteiger partial charge in [0.2, 0.25) is 0 Å². The molecule has 7 heteroatoms. The van der Waals surface area contributed by atoms with E-state index in [0.717, 1.165) is 5.56 Å². The molecule has 3 aromatic rings. The first kappa shape index (κ1) is 13.5. The van der Waals surface area contributed by atoms with Gasteiger partial charge in [0.1, 0.15) is 5.52 Å². The third-order valence-electron chi connectivity index (χ3n) is 3.24. The number of hydrogen-bond acceptors (Lipinski definition) is 5. The monoisotopic (exact) mass is 281 g/mol. The molecule has 0 bridgehead atoms. The largest absolute Gasteiger partial charge is 0.488 e. The molecule has 0 amide bonds. The van der Waals surface area contributed by atoms with Crippen molar-refractivity contribution in [3.63, 3.8) is 0 Å². The molecule has 104 valence electrons. The first-order valence-corrected chi connectivity index (χ1v) is 6.42. The molecule has 1 heterocycles. The van der Waals surface area contributed by atoms with Crippen LogP contribution in [0.1, 0.15) is 5.56 Å². The number of aromatic nitrogens is 3. The fraction of sp³-hybridized carbons (Fsp3) is 0.0714. The van der Waals surface area contributed by atoms with Crippen LogP contribution < -0.4 is 11.0 Å². The van der Waals surface area contributed by atoms with Gasteiger partial charge in [-0.2, -0.15) is 0 Å². The van der Waals surface area contributed by atoms with E-state index < -0.39 is 7.12 Å². The number of hydrogen-bond donors (Lipinski definition) is 2. The van der Waals surface area contributed by atoms with Gasteiger partial charge in [-0.25, -0.2) is 4.68 Å². The first-order chi connectivity index (χ1) is 10.1. The van der Waals surface area contributed by atoms with E-state index in [1.165, 1.54) is 4.68 Å². The summed E-state index contributed by atoms with van der Waals surface area (Å²) in [5.74, 6) is 0. The van der Waals surface area contributed by atoms with Crippen molar-refractivity contribution in [2.24, 2.45) is 0 Å². The van der Waals surface area contributed by atoms with Crippen LogP contribution in [0.25, 0.3) is 10.9 Å². The quantitative estimate of drug-likeness (QED) is 0.633. The molecule has 3 rings (SSSR count). The summed E-state index contributed by atoms with van der Waals surface area (Å²) >= 11 is 0. The van der Waals surface area contributed by atoms with Crippen LogP contribution in [0.3, 0.4) is 0 Å². The number of nitrogens with zero attached hydrogens (tertiary/aromatic N) is 3. The molecule has 0 unspecified atom stereocenters. The molecule has 0 atom stereocenters. The highest BCUT2D eigenvalue weighted by Crippen LogP contribution is 2.05.